The fourth-order valence-electron chi connectivity index (χ4n) is 1.91. The van der Waals surface area contributed by atoms with Gasteiger partial charge in [-0.2, -0.15) is 13.2 Å². The van der Waals surface area contributed by atoms with E-state index in [9.17, 15) is 13.2 Å². The minimum absolute atomic E-state index is 1.24. The minimum atomic E-state index is -6.09. The van der Waals surface area contributed by atoms with E-state index in [2.05, 4.69) is 43.1 Å². The number of aromatic nitrogens is 1. The molecule has 1 aromatic rings. The molecule has 0 saturated carbocycles. The maximum atomic E-state index is 10.7. The Morgan fingerprint density at radius 1 is 1.13 bits per heavy atom. The van der Waals surface area contributed by atoms with Crippen molar-refractivity contribution in [2.45, 2.75) is 57.4 Å². The Morgan fingerprint density at radius 3 is 2.13 bits per heavy atom. The molecule has 4 nitrogen and oxygen atoms in total. The van der Waals surface area contributed by atoms with Crippen molar-refractivity contribution in [2.24, 2.45) is 7.05 Å². The van der Waals surface area contributed by atoms with Gasteiger partial charge in [0.05, 0.1) is 0 Å². The molecule has 0 amide bonds. The molecule has 0 aromatic carbocycles. The van der Waals surface area contributed by atoms with Crippen LogP contribution in [0.25, 0.3) is 0 Å². The van der Waals surface area contributed by atoms with Gasteiger partial charge < -0.3 is 4.55 Å². The summed E-state index contributed by atoms with van der Waals surface area (Å²) in [5, 5.41) is 0. The van der Waals surface area contributed by atoms with Crippen molar-refractivity contribution >= 4 is 10.1 Å². The summed E-state index contributed by atoms with van der Waals surface area (Å²) in [6, 6.07) is 4.36. The zero-order valence-electron chi connectivity index (χ0n) is 13.5. The van der Waals surface area contributed by atoms with Crippen molar-refractivity contribution in [1.29, 1.82) is 0 Å². The Hall–Kier alpha value is -1.15. The molecule has 1 aromatic heterocycles. The normalized spacial score (nSPS) is 11.7. The number of alkyl halides is 3. The molecule has 0 aliphatic carbocycles. The number of nitrogens with zero attached hydrogens (tertiary/aromatic N) is 1. The standard InChI is InChI=1S/C14H24N.CHF3O3S/c1-3-4-5-6-7-8-10-14-11-9-12-15(2)13-14;2-1(3,4)8(5,6)7/h9,11-13H,3-8,10H2,1-2H3;(H,5,6,7)/q+1;/p-1. The highest BCUT2D eigenvalue weighted by Crippen LogP contribution is 2.20. The highest BCUT2D eigenvalue weighted by molar-refractivity contribution is 7.86. The fourth-order valence-corrected chi connectivity index (χ4v) is 1.91. The molecule has 0 atom stereocenters. The molecule has 0 radical (unpaired) electrons. The van der Waals surface area contributed by atoms with Gasteiger partial charge in [-0.3, -0.25) is 0 Å². The maximum Gasteiger partial charge on any atom is 0.485 e. The van der Waals surface area contributed by atoms with Crippen molar-refractivity contribution in [3.63, 3.8) is 0 Å². The van der Waals surface area contributed by atoms with Crippen LogP contribution in [0, 0.1) is 0 Å². The van der Waals surface area contributed by atoms with Gasteiger partial charge in [-0.15, -0.1) is 0 Å². The second-order valence-corrected chi connectivity index (χ2v) is 6.67. The molecule has 134 valence electrons. The number of hydrogen-bond donors (Lipinski definition) is 0. The van der Waals surface area contributed by atoms with Gasteiger partial charge in [0.2, 0.25) is 0 Å². The largest absolute Gasteiger partial charge is 0.741 e. The molecule has 0 unspecified atom stereocenters. The first-order chi connectivity index (χ1) is 10.6. The lowest BCUT2D eigenvalue weighted by Gasteiger charge is -2.08. The smallest absolute Gasteiger partial charge is 0.485 e. The van der Waals surface area contributed by atoms with Crippen LogP contribution in [0.15, 0.2) is 24.5 Å². The number of unbranched alkanes of at least 4 members (excludes halogenated alkanes) is 5. The van der Waals surface area contributed by atoms with Gasteiger partial charge in [-0.1, -0.05) is 39.0 Å². The molecular weight excluding hydrogens is 331 g/mol. The van der Waals surface area contributed by atoms with Crippen molar-refractivity contribution in [3.8, 4) is 0 Å². The summed E-state index contributed by atoms with van der Waals surface area (Å²) >= 11 is 0. The van der Waals surface area contributed by atoms with Crippen LogP contribution >= 0.6 is 0 Å². The summed E-state index contributed by atoms with van der Waals surface area (Å²) < 4.78 is 61.0. The summed E-state index contributed by atoms with van der Waals surface area (Å²) in [5.41, 5.74) is -4.18. The fraction of sp³-hybridized carbons (Fsp3) is 0.667. The first kappa shape index (κ1) is 21.9. The molecule has 0 N–H and O–H groups in total. The molecule has 0 aliphatic rings. The predicted octanol–water partition coefficient (Wildman–Crippen LogP) is 3.47. The van der Waals surface area contributed by atoms with E-state index in [1.807, 2.05) is 0 Å². The van der Waals surface area contributed by atoms with E-state index in [0.29, 0.717) is 0 Å². The van der Waals surface area contributed by atoms with Gasteiger partial charge in [0.1, 0.15) is 7.05 Å². The molecule has 0 spiro atoms. The topological polar surface area (TPSA) is 61.1 Å². The highest BCUT2D eigenvalue weighted by atomic mass is 32.2. The van der Waals surface area contributed by atoms with E-state index in [0.717, 1.165) is 0 Å². The van der Waals surface area contributed by atoms with Crippen LogP contribution in [0.2, 0.25) is 0 Å². The van der Waals surface area contributed by atoms with Gasteiger partial charge in [0, 0.05) is 11.6 Å². The number of aryl methyl sites for hydroxylation is 2. The predicted molar refractivity (Wildman–Crippen MR) is 80.5 cm³/mol. The third-order valence-corrected chi connectivity index (χ3v) is 3.67. The van der Waals surface area contributed by atoms with Crippen LogP contribution in [-0.2, 0) is 23.6 Å². The van der Waals surface area contributed by atoms with E-state index >= 15 is 0 Å². The van der Waals surface area contributed by atoms with Crippen LogP contribution in [0.3, 0.4) is 0 Å². The quantitative estimate of drug-likeness (QED) is 0.326. The Morgan fingerprint density at radius 2 is 1.65 bits per heavy atom. The SMILES string of the molecule is CCCCCCCCc1ccc[n+](C)c1.O=S(=O)([O-])C(F)(F)F. The lowest BCUT2D eigenvalue weighted by atomic mass is 10.1. The molecular formula is C15H24F3NO3S. The van der Waals surface area contributed by atoms with E-state index in [1.54, 1.807) is 0 Å². The molecule has 23 heavy (non-hydrogen) atoms. The highest BCUT2D eigenvalue weighted by Gasteiger charge is 2.36. The monoisotopic (exact) mass is 355 g/mol. The average molecular weight is 355 g/mol. The van der Waals surface area contributed by atoms with Gasteiger partial charge in [0.25, 0.3) is 0 Å². The molecule has 1 heterocycles. The van der Waals surface area contributed by atoms with Gasteiger partial charge >= 0.3 is 5.51 Å². The second kappa shape index (κ2) is 10.6. The Labute approximate surface area is 136 Å². The van der Waals surface area contributed by atoms with Crippen molar-refractivity contribution in [1.82, 2.24) is 0 Å². The Balaban J connectivity index is 0.000000515. The molecule has 0 aliphatic heterocycles. The third-order valence-electron chi connectivity index (χ3n) is 3.10. The zero-order chi connectivity index (χ0) is 17.9. The van der Waals surface area contributed by atoms with Crippen LogP contribution in [0.5, 0.6) is 0 Å². The molecule has 1 rings (SSSR count). The molecule has 0 bridgehead atoms. The molecule has 8 heteroatoms. The summed E-state index contributed by atoms with van der Waals surface area (Å²) in [6.45, 7) is 2.27. The number of rotatable bonds is 7. The summed E-state index contributed by atoms with van der Waals surface area (Å²) in [7, 11) is -4.00. The Bertz CT molecular complexity index is 545. The van der Waals surface area contributed by atoms with E-state index in [-0.39, 0.29) is 0 Å². The summed E-state index contributed by atoms with van der Waals surface area (Å²) in [5.74, 6) is 0. The maximum absolute atomic E-state index is 10.7. The molecule has 0 saturated heterocycles. The zero-order valence-corrected chi connectivity index (χ0v) is 14.3. The van der Waals surface area contributed by atoms with Crippen LogP contribution in [-0.4, -0.2) is 18.5 Å². The molecule has 0 fully saturated rings. The first-order valence-electron chi connectivity index (χ1n) is 7.54. The lowest BCUT2D eigenvalue weighted by Crippen LogP contribution is -2.26. The van der Waals surface area contributed by atoms with Crippen LogP contribution in [0.1, 0.15) is 51.0 Å². The van der Waals surface area contributed by atoms with Crippen molar-refractivity contribution in [2.75, 3.05) is 0 Å². The Kier molecular flexibility index (Phi) is 10.1. The number of pyridine rings is 1. The second-order valence-electron chi connectivity index (χ2n) is 5.30. The van der Waals surface area contributed by atoms with E-state index in [4.69, 9.17) is 13.0 Å². The average Bonchev–Trinajstić information content (AvgIpc) is 2.41. The van der Waals surface area contributed by atoms with Crippen molar-refractivity contribution < 1.29 is 30.7 Å². The first-order valence-corrected chi connectivity index (χ1v) is 8.95. The van der Waals surface area contributed by atoms with Crippen LogP contribution < -0.4 is 4.57 Å². The van der Waals surface area contributed by atoms with Crippen LogP contribution in [0.4, 0.5) is 13.2 Å². The summed E-state index contributed by atoms with van der Waals surface area (Å²) in [4.78, 5) is 0. The van der Waals surface area contributed by atoms with Gasteiger partial charge in [0.15, 0.2) is 22.5 Å². The minimum Gasteiger partial charge on any atom is -0.741 e. The number of halogens is 3. The number of hydrogen-bond acceptors (Lipinski definition) is 3. The van der Waals surface area contributed by atoms with E-state index in [1.165, 1.54) is 50.5 Å². The third kappa shape index (κ3) is 11.1. The lowest BCUT2D eigenvalue weighted by molar-refractivity contribution is -0.671. The van der Waals surface area contributed by atoms with Gasteiger partial charge in [-0.25, -0.2) is 13.0 Å². The van der Waals surface area contributed by atoms with E-state index < -0.39 is 15.6 Å². The summed E-state index contributed by atoms with van der Waals surface area (Å²) in [6.07, 6.45) is 13.9. The van der Waals surface area contributed by atoms with Crippen molar-refractivity contribution in [3.05, 3.63) is 30.1 Å². The van der Waals surface area contributed by atoms with Gasteiger partial charge in [-0.05, 0) is 18.9 Å².